The van der Waals surface area contributed by atoms with Crippen LogP contribution in [0.4, 0.5) is 0 Å². The normalized spacial score (nSPS) is 40.5. The lowest BCUT2D eigenvalue weighted by Gasteiger charge is -2.32. The van der Waals surface area contributed by atoms with Crippen LogP contribution in [-0.2, 0) is 18.3 Å². The zero-order valence-electron chi connectivity index (χ0n) is 10.6. The van der Waals surface area contributed by atoms with Gasteiger partial charge in [0.15, 0.2) is 6.23 Å². The van der Waals surface area contributed by atoms with Gasteiger partial charge in [-0.25, -0.2) is 4.79 Å². The van der Waals surface area contributed by atoms with E-state index in [1.807, 2.05) is 0 Å². The van der Waals surface area contributed by atoms with Crippen LogP contribution in [-0.4, -0.2) is 33.9 Å². The second kappa shape index (κ2) is 4.64. The summed E-state index contributed by atoms with van der Waals surface area (Å²) in [5.41, 5.74) is 3.97. The van der Waals surface area contributed by atoms with E-state index in [1.54, 1.807) is 6.92 Å². The van der Waals surface area contributed by atoms with Gasteiger partial charge >= 0.3 is 13.9 Å². The molecule has 1 aromatic rings. The van der Waals surface area contributed by atoms with Crippen LogP contribution in [0, 0.1) is 0 Å². The summed E-state index contributed by atoms with van der Waals surface area (Å²) in [6.07, 6.45) is -0.709. The Hall–Kier alpha value is -1.25. The van der Waals surface area contributed by atoms with E-state index < -0.39 is 43.5 Å². The summed E-state index contributed by atoms with van der Waals surface area (Å²) in [5.74, 6) is 0. The summed E-state index contributed by atoms with van der Waals surface area (Å²) in [7, 11) is -2.59. The summed E-state index contributed by atoms with van der Waals surface area (Å²) in [6, 6.07) is 1.20. The number of aromatic amines is 1. The molecule has 3 rings (SSSR count). The standard InChI is InChI=1S/C10H14N3O6P/c1-10(11)7-5(4-17-20(16)19-7)18-8(10)13-3-2-6(14)12-9(13)15/h2-3,5,7-8,20H,4,11H2,1H3,(H,12,14,15)/t5-,7?,8-,10-/m1/s1. The molecular weight excluding hydrogens is 289 g/mol. The first-order chi connectivity index (χ1) is 9.39. The number of ether oxygens (including phenoxy) is 1. The summed E-state index contributed by atoms with van der Waals surface area (Å²) >= 11 is 0. The molecule has 0 radical (unpaired) electrons. The van der Waals surface area contributed by atoms with Crippen molar-refractivity contribution in [1.29, 1.82) is 0 Å². The average Bonchev–Trinajstić information content (AvgIpc) is 2.62. The van der Waals surface area contributed by atoms with Crippen molar-refractivity contribution in [2.75, 3.05) is 6.61 Å². The first kappa shape index (κ1) is 13.7. The zero-order chi connectivity index (χ0) is 14.5. The lowest BCUT2D eigenvalue weighted by atomic mass is 9.93. The predicted octanol–water partition coefficient (Wildman–Crippen LogP) is -1.04. The minimum atomic E-state index is -2.59. The lowest BCUT2D eigenvalue weighted by Crippen LogP contribution is -2.54. The molecule has 0 saturated carbocycles. The third-order valence-corrected chi connectivity index (χ3v) is 4.33. The fourth-order valence-corrected chi connectivity index (χ4v) is 3.50. The fraction of sp³-hybridized carbons (Fsp3) is 0.600. The van der Waals surface area contributed by atoms with Gasteiger partial charge in [-0.15, -0.1) is 0 Å². The van der Waals surface area contributed by atoms with Crippen molar-refractivity contribution >= 4 is 8.25 Å². The van der Waals surface area contributed by atoms with Gasteiger partial charge in [0, 0.05) is 12.3 Å². The number of fused-ring (bicyclic) bond motifs is 1. The Morgan fingerprint density at radius 2 is 2.30 bits per heavy atom. The molecule has 1 aromatic heterocycles. The molecule has 0 bridgehead atoms. The van der Waals surface area contributed by atoms with Gasteiger partial charge in [-0.2, -0.15) is 0 Å². The van der Waals surface area contributed by atoms with Gasteiger partial charge in [-0.1, -0.05) is 0 Å². The summed E-state index contributed by atoms with van der Waals surface area (Å²) in [6.45, 7) is 1.73. The molecule has 5 atom stereocenters. The molecule has 0 aromatic carbocycles. The maximum absolute atomic E-state index is 11.8. The van der Waals surface area contributed by atoms with Gasteiger partial charge in [-0.05, 0) is 6.92 Å². The van der Waals surface area contributed by atoms with Crippen LogP contribution in [0.3, 0.4) is 0 Å². The molecule has 9 nitrogen and oxygen atoms in total. The molecule has 2 fully saturated rings. The highest BCUT2D eigenvalue weighted by molar-refractivity contribution is 7.33. The van der Waals surface area contributed by atoms with Crippen LogP contribution in [0.5, 0.6) is 0 Å². The van der Waals surface area contributed by atoms with Crippen molar-refractivity contribution in [2.24, 2.45) is 5.73 Å². The number of nitrogens with zero attached hydrogens (tertiary/aromatic N) is 1. The summed E-state index contributed by atoms with van der Waals surface area (Å²) < 4.78 is 28.4. The van der Waals surface area contributed by atoms with Crippen LogP contribution in [0.15, 0.2) is 21.9 Å². The van der Waals surface area contributed by atoms with Gasteiger partial charge < -0.3 is 19.5 Å². The van der Waals surface area contributed by atoms with Crippen LogP contribution < -0.4 is 17.0 Å². The molecule has 0 amide bonds. The minimum absolute atomic E-state index is 0.0872. The van der Waals surface area contributed by atoms with E-state index in [0.717, 1.165) is 0 Å². The largest absolute Gasteiger partial charge is 0.347 e. The van der Waals surface area contributed by atoms with E-state index in [-0.39, 0.29) is 6.61 Å². The summed E-state index contributed by atoms with van der Waals surface area (Å²) in [5, 5.41) is 0. The van der Waals surface area contributed by atoms with Crippen molar-refractivity contribution in [3.05, 3.63) is 33.1 Å². The number of aromatic nitrogens is 2. The van der Waals surface area contributed by atoms with E-state index in [9.17, 15) is 14.2 Å². The quantitative estimate of drug-likeness (QED) is 0.634. The van der Waals surface area contributed by atoms with Gasteiger partial charge in [0.1, 0.15) is 12.2 Å². The van der Waals surface area contributed by atoms with Gasteiger partial charge in [0.2, 0.25) is 0 Å². The Morgan fingerprint density at radius 3 is 3.00 bits per heavy atom. The van der Waals surface area contributed by atoms with Gasteiger partial charge in [0.25, 0.3) is 5.56 Å². The Balaban J connectivity index is 2.00. The third-order valence-electron chi connectivity index (χ3n) is 3.48. The minimum Gasteiger partial charge on any atom is -0.347 e. The van der Waals surface area contributed by atoms with Crippen LogP contribution >= 0.6 is 8.25 Å². The lowest BCUT2D eigenvalue weighted by molar-refractivity contribution is -0.0558. The van der Waals surface area contributed by atoms with Crippen molar-refractivity contribution in [3.63, 3.8) is 0 Å². The van der Waals surface area contributed by atoms with E-state index in [1.165, 1.54) is 16.8 Å². The summed E-state index contributed by atoms with van der Waals surface area (Å²) in [4.78, 5) is 25.1. The van der Waals surface area contributed by atoms with Crippen molar-refractivity contribution in [3.8, 4) is 0 Å². The smallest absolute Gasteiger partial charge is 0.330 e. The number of hydrogen-bond donors (Lipinski definition) is 2. The first-order valence-corrected chi connectivity index (χ1v) is 7.21. The van der Waals surface area contributed by atoms with Crippen LogP contribution in [0.2, 0.25) is 0 Å². The van der Waals surface area contributed by atoms with Crippen LogP contribution in [0.25, 0.3) is 0 Å². The maximum atomic E-state index is 11.8. The first-order valence-electron chi connectivity index (χ1n) is 5.99. The molecule has 20 heavy (non-hydrogen) atoms. The highest BCUT2D eigenvalue weighted by Gasteiger charge is 2.55. The molecule has 110 valence electrons. The Kier molecular flexibility index (Phi) is 3.19. The molecule has 10 heteroatoms. The van der Waals surface area contributed by atoms with E-state index >= 15 is 0 Å². The van der Waals surface area contributed by atoms with Crippen molar-refractivity contribution < 1.29 is 18.3 Å². The molecule has 0 spiro atoms. The highest BCUT2D eigenvalue weighted by atomic mass is 31.1. The number of hydrogen-bond acceptors (Lipinski definition) is 7. The molecular formula is C10H14N3O6P. The monoisotopic (exact) mass is 303 g/mol. The van der Waals surface area contributed by atoms with Crippen molar-refractivity contribution in [2.45, 2.75) is 30.9 Å². The van der Waals surface area contributed by atoms with Gasteiger partial charge in [0.05, 0.1) is 12.1 Å². The molecule has 2 aliphatic rings. The molecule has 2 unspecified atom stereocenters. The third kappa shape index (κ3) is 2.07. The molecule has 3 N–H and O–H groups in total. The van der Waals surface area contributed by atoms with E-state index in [4.69, 9.17) is 19.5 Å². The Bertz CT molecular complexity index is 667. The number of nitrogens with one attached hydrogen (secondary N) is 1. The number of nitrogens with two attached hydrogens (primary N) is 1. The topological polar surface area (TPSA) is 126 Å². The average molecular weight is 303 g/mol. The van der Waals surface area contributed by atoms with Crippen LogP contribution in [0.1, 0.15) is 13.2 Å². The predicted molar refractivity (Wildman–Crippen MR) is 67.7 cm³/mol. The highest BCUT2D eigenvalue weighted by Crippen LogP contribution is 2.46. The van der Waals surface area contributed by atoms with Gasteiger partial charge in [-0.3, -0.25) is 18.9 Å². The Morgan fingerprint density at radius 1 is 1.55 bits per heavy atom. The molecule has 0 aliphatic carbocycles. The Labute approximate surface area is 113 Å². The second-order valence-electron chi connectivity index (χ2n) is 5.01. The SMILES string of the molecule is C[C@@]1(N)C2O[PH](=O)OC[C@H]2O[C@H]1n1ccc(=O)[nH]c1=O. The maximum Gasteiger partial charge on any atom is 0.330 e. The molecule has 3 heterocycles. The molecule has 2 aliphatic heterocycles. The van der Waals surface area contributed by atoms with E-state index in [0.29, 0.717) is 0 Å². The number of rotatable bonds is 1. The van der Waals surface area contributed by atoms with Crippen molar-refractivity contribution in [1.82, 2.24) is 9.55 Å². The second-order valence-corrected chi connectivity index (χ2v) is 6.03. The number of H-pyrrole nitrogens is 1. The fourth-order valence-electron chi connectivity index (χ4n) is 2.52. The zero-order valence-corrected chi connectivity index (χ0v) is 11.6. The van der Waals surface area contributed by atoms with E-state index in [2.05, 4.69) is 4.98 Å². The molecule has 2 saturated heterocycles.